The fourth-order valence-electron chi connectivity index (χ4n) is 4.09. The standard InChI is InChI=1S/C20H30F2N2.C11H11NO.C6H14/c1-7-9-15(8-2)13-23-14-24-18-11-16(19(3,4)5)10-17(12-18)20(6,21)22;1-7(2)8-3-4-10-9(5-8)6-11(13)12-10;1-4-6(3)5-2/h10-14H,7-9H2,1-6H3,(H,23,24);3-5H,1,6H2,2H3,(H,12,13);6H,4-5H2,1-3H3/b15-13-;;. The van der Waals surface area contributed by atoms with Gasteiger partial charge < -0.3 is 10.6 Å². The first-order valence-electron chi connectivity index (χ1n) is 15.6. The highest BCUT2D eigenvalue weighted by Gasteiger charge is 2.27. The van der Waals surface area contributed by atoms with Gasteiger partial charge in [-0.3, -0.25) is 4.79 Å². The molecule has 1 heterocycles. The summed E-state index contributed by atoms with van der Waals surface area (Å²) in [6.45, 7) is 23.8. The van der Waals surface area contributed by atoms with E-state index in [4.69, 9.17) is 0 Å². The van der Waals surface area contributed by atoms with Crippen molar-refractivity contribution in [3.63, 3.8) is 0 Å². The molecule has 1 amide bonds. The highest BCUT2D eigenvalue weighted by Crippen LogP contribution is 2.34. The van der Waals surface area contributed by atoms with Crippen LogP contribution in [-0.2, 0) is 22.6 Å². The Balaban J connectivity index is 0.000000401. The molecule has 1 aliphatic heterocycles. The molecule has 1 aliphatic rings. The monoisotopic (exact) mass is 595 g/mol. The Hall–Kier alpha value is -3.28. The summed E-state index contributed by atoms with van der Waals surface area (Å²) in [7, 11) is 0. The topological polar surface area (TPSA) is 53.5 Å². The van der Waals surface area contributed by atoms with E-state index < -0.39 is 5.92 Å². The second-order valence-electron chi connectivity index (χ2n) is 12.5. The average molecular weight is 596 g/mol. The van der Waals surface area contributed by atoms with Gasteiger partial charge >= 0.3 is 0 Å². The lowest BCUT2D eigenvalue weighted by atomic mass is 9.85. The van der Waals surface area contributed by atoms with Crippen LogP contribution in [0.15, 0.2) is 59.7 Å². The number of aliphatic imine (C=N–C) groups is 1. The quantitative estimate of drug-likeness (QED) is 0.212. The van der Waals surface area contributed by atoms with E-state index in [1.165, 1.54) is 24.5 Å². The Morgan fingerprint density at radius 3 is 2.16 bits per heavy atom. The number of amides is 1. The number of carbonyl (C=O) groups is 1. The summed E-state index contributed by atoms with van der Waals surface area (Å²) >= 11 is 0. The molecule has 0 saturated heterocycles. The smallest absolute Gasteiger partial charge is 0.270 e. The minimum absolute atomic E-state index is 0.0154. The van der Waals surface area contributed by atoms with Crippen molar-refractivity contribution >= 4 is 29.2 Å². The van der Waals surface area contributed by atoms with Gasteiger partial charge in [-0.1, -0.05) is 98.4 Å². The molecule has 2 aromatic carbocycles. The van der Waals surface area contributed by atoms with Gasteiger partial charge in [0.25, 0.3) is 5.92 Å². The zero-order valence-corrected chi connectivity index (χ0v) is 28.3. The number of halogens is 2. The summed E-state index contributed by atoms with van der Waals surface area (Å²) in [5, 5.41) is 5.82. The molecule has 3 rings (SSSR count). The fraction of sp³-hybridized carbons (Fsp3) is 0.514. The van der Waals surface area contributed by atoms with Crippen molar-refractivity contribution in [1.29, 1.82) is 0 Å². The number of rotatable bonds is 10. The van der Waals surface area contributed by atoms with E-state index in [1.54, 1.807) is 12.4 Å². The van der Waals surface area contributed by atoms with E-state index in [1.807, 2.05) is 58.2 Å². The van der Waals surface area contributed by atoms with E-state index in [0.717, 1.165) is 60.1 Å². The predicted octanol–water partition coefficient (Wildman–Crippen LogP) is 11.3. The zero-order chi connectivity index (χ0) is 32.8. The lowest BCUT2D eigenvalue weighted by Crippen LogP contribution is -2.15. The van der Waals surface area contributed by atoms with Crippen LogP contribution < -0.4 is 10.6 Å². The summed E-state index contributed by atoms with van der Waals surface area (Å²) in [6.07, 6.45) is 9.65. The van der Waals surface area contributed by atoms with Gasteiger partial charge in [0.15, 0.2) is 0 Å². The van der Waals surface area contributed by atoms with Gasteiger partial charge in [0.05, 0.1) is 12.8 Å². The third-order valence-corrected chi connectivity index (χ3v) is 7.51. The third kappa shape index (κ3) is 13.7. The molecule has 0 aliphatic carbocycles. The number of nitrogens with zero attached hydrogens (tertiary/aromatic N) is 1. The number of carbonyl (C=O) groups excluding carboxylic acids is 1. The first kappa shape index (κ1) is 37.7. The minimum Gasteiger partial charge on any atom is -0.346 e. The molecule has 2 N–H and O–H groups in total. The highest BCUT2D eigenvalue weighted by atomic mass is 19.3. The van der Waals surface area contributed by atoms with Gasteiger partial charge in [0.2, 0.25) is 5.91 Å². The normalized spacial score (nSPS) is 13.1. The van der Waals surface area contributed by atoms with Crippen LogP contribution in [0.25, 0.3) is 5.57 Å². The first-order chi connectivity index (χ1) is 20.0. The molecular formula is C37H55F2N3O. The van der Waals surface area contributed by atoms with E-state index in [-0.39, 0.29) is 16.9 Å². The molecule has 43 heavy (non-hydrogen) atoms. The molecule has 238 valence electrons. The number of hydrogen-bond acceptors (Lipinski definition) is 2. The lowest BCUT2D eigenvalue weighted by Gasteiger charge is -2.23. The number of nitrogens with one attached hydrogen (secondary N) is 2. The van der Waals surface area contributed by atoms with E-state index in [2.05, 4.69) is 56.8 Å². The zero-order valence-electron chi connectivity index (χ0n) is 28.3. The van der Waals surface area contributed by atoms with Gasteiger partial charge in [0.1, 0.15) is 0 Å². The van der Waals surface area contributed by atoms with Crippen LogP contribution in [0.3, 0.4) is 0 Å². The lowest BCUT2D eigenvalue weighted by molar-refractivity contribution is -0.115. The maximum Gasteiger partial charge on any atom is 0.270 e. The summed E-state index contributed by atoms with van der Waals surface area (Å²) in [5.41, 5.74) is 6.74. The number of benzene rings is 2. The Labute approximate surface area is 260 Å². The van der Waals surface area contributed by atoms with Crippen molar-refractivity contribution < 1.29 is 13.6 Å². The SMILES string of the molecule is C=C(C)c1ccc2c(c1)CC(=O)N2.CCC(C)CC.CCC/C(=C\N=CNc1cc(C(C)(C)C)cc(C(C)(F)F)c1)CC. The number of hydrogen-bond donors (Lipinski definition) is 2. The van der Waals surface area contributed by atoms with Crippen molar-refractivity contribution in [3.05, 3.63) is 77.0 Å². The van der Waals surface area contributed by atoms with Gasteiger partial charge in [-0.05, 0) is 78.1 Å². The number of anilines is 2. The molecule has 0 radical (unpaired) electrons. The summed E-state index contributed by atoms with van der Waals surface area (Å²) in [6, 6.07) is 10.9. The van der Waals surface area contributed by atoms with Crippen LogP contribution in [0, 0.1) is 5.92 Å². The van der Waals surface area contributed by atoms with Crippen LogP contribution >= 0.6 is 0 Å². The van der Waals surface area contributed by atoms with E-state index >= 15 is 0 Å². The fourth-order valence-corrected chi connectivity index (χ4v) is 4.09. The molecule has 0 fully saturated rings. The van der Waals surface area contributed by atoms with Crippen LogP contribution in [0.1, 0.15) is 124 Å². The predicted molar refractivity (Wildman–Crippen MR) is 183 cm³/mol. The molecule has 4 nitrogen and oxygen atoms in total. The Bertz CT molecular complexity index is 1210. The molecule has 0 spiro atoms. The molecule has 6 heteroatoms. The van der Waals surface area contributed by atoms with Gasteiger partial charge in [-0.15, -0.1) is 0 Å². The van der Waals surface area contributed by atoms with Crippen LogP contribution in [0.2, 0.25) is 0 Å². The van der Waals surface area contributed by atoms with Crippen molar-refractivity contribution in [3.8, 4) is 0 Å². The maximum absolute atomic E-state index is 13.8. The number of fused-ring (bicyclic) bond motifs is 1. The second-order valence-corrected chi connectivity index (χ2v) is 12.5. The maximum atomic E-state index is 13.8. The molecule has 0 saturated carbocycles. The van der Waals surface area contributed by atoms with Crippen molar-refractivity contribution in [2.24, 2.45) is 10.9 Å². The Kier molecular flexibility index (Phi) is 15.6. The van der Waals surface area contributed by atoms with Gasteiger partial charge in [-0.25, -0.2) is 13.8 Å². The highest BCUT2D eigenvalue weighted by molar-refractivity contribution is 5.99. The number of alkyl halides is 2. The Morgan fingerprint density at radius 1 is 1.05 bits per heavy atom. The van der Waals surface area contributed by atoms with Crippen LogP contribution in [0.4, 0.5) is 20.2 Å². The van der Waals surface area contributed by atoms with Crippen LogP contribution in [0.5, 0.6) is 0 Å². The van der Waals surface area contributed by atoms with Crippen molar-refractivity contribution in [1.82, 2.24) is 0 Å². The molecule has 0 bridgehead atoms. The minimum atomic E-state index is -2.87. The van der Waals surface area contributed by atoms with E-state index in [0.29, 0.717) is 12.1 Å². The molecule has 2 aromatic rings. The molecular weight excluding hydrogens is 540 g/mol. The average Bonchev–Trinajstić information content (AvgIpc) is 3.33. The second kappa shape index (κ2) is 17.7. The number of allylic oxidation sites excluding steroid dienone is 2. The van der Waals surface area contributed by atoms with Crippen molar-refractivity contribution in [2.45, 2.75) is 119 Å². The summed E-state index contributed by atoms with van der Waals surface area (Å²) in [4.78, 5) is 15.3. The van der Waals surface area contributed by atoms with Gasteiger partial charge in [0, 0.05) is 30.1 Å². The first-order valence-corrected chi connectivity index (χ1v) is 15.6. The summed E-state index contributed by atoms with van der Waals surface area (Å²) in [5.74, 6) is -1.86. The summed E-state index contributed by atoms with van der Waals surface area (Å²) < 4.78 is 27.5. The third-order valence-electron chi connectivity index (χ3n) is 7.51. The van der Waals surface area contributed by atoms with Gasteiger partial charge in [-0.2, -0.15) is 0 Å². The molecule has 0 unspecified atom stereocenters. The van der Waals surface area contributed by atoms with Crippen molar-refractivity contribution in [2.75, 3.05) is 10.6 Å². The van der Waals surface area contributed by atoms with Crippen LogP contribution in [-0.4, -0.2) is 12.2 Å². The van der Waals surface area contributed by atoms with E-state index in [9.17, 15) is 13.6 Å². The molecule has 0 aromatic heterocycles. The largest absolute Gasteiger partial charge is 0.346 e. The Morgan fingerprint density at radius 2 is 1.67 bits per heavy atom. The molecule has 0 atom stereocenters.